The van der Waals surface area contributed by atoms with Crippen LogP contribution >= 0.6 is 12.4 Å². The predicted octanol–water partition coefficient (Wildman–Crippen LogP) is 1.02. The smallest absolute Gasteiger partial charge is 0.276 e. The predicted molar refractivity (Wildman–Crippen MR) is 232 cm³/mol. The lowest BCUT2D eigenvalue weighted by atomic mass is 10.1. The maximum Gasteiger partial charge on any atom is 0.276 e. The number of nitrogens with one attached hydrogen (secondary N) is 5. The zero-order chi connectivity index (χ0) is 45.5. The highest BCUT2D eigenvalue weighted by Crippen LogP contribution is 2.18. The summed E-state index contributed by atoms with van der Waals surface area (Å²) in [4.78, 5) is 67.2. The quantitative estimate of drug-likeness (QED) is 0.0945. The Morgan fingerprint density at radius 2 is 1.22 bits per heavy atom. The third-order valence-electron chi connectivity index (χ3n) is 10.7. The van der Waals surface area contributed by atoms with Crippen LogP contribution in [0.4, 0.5) is 8.78 Å². The van der Waals surface area contributed by atoms with Gasteiger partial charge in [-0.3, -0.25) is 19.2 Å². The molecule has 2 atom stereocenters. The summed E-state index contributed by atoms with van der Waals surface area (Å²) >= 11 is 0. The SMILES string of the molecule is Cc1cc(CNC(=O)c2cc(C(=O)NCC3CCN(S(N)(=O)=O)C3)n3ncnc3n2)ccc1F.Cc1cc(CNC(=O)c2cc(C(=O)NCC3CCNC3)n3ncnc3n2)ccc1F.Cl. The molecule has 344 valence electrons. The summed E-state index contributed by atoms with van der Waals surface area (Å²) in [6, 6.07) is 11.9. The van der Waals surface area contributed by atoms with Crippen LogP contribution in [-0.4, -0.2) is 115 Å². The van der Waals surface area contributed by atoms with Gasteiger partial charge in [0.2, 0.25) is 0 Å². The van der Waals surface area contributed by atoms with Crippen molar-refractivity contribution in [2.45, 2.75) is 39.8 Å². The molecule has 4 aromatic heterocycles. The molecule has 8 rings (SSSR count). The summed E-state index contributed by atoms with van der Waals surface area (Å²) in [6.45, 7) is 6.71. The van der Waals surface area contributed by atoms with Gasteiger partial charge in [-0.15, -0.1) is 12.4 Å². The molecule has 7 N–H and O–H groups in total. The lowest BCUT2D eigenvalue weighted by Gasteiger charge is -2.14. The molecular weight excluding hydrogens is 892 g/mol. The second-order valence-electron chi connectivity index (χ2n) is 15.4. The van der Waals surface area contributed by atoms with Crippen molar-refractivity contribution in [3.8, 4) is 0 Å². The molecule has 6 aromatic rings. The number of carbonyl (C=O) groups excluding carboxylic acids is 4. The summed E-state index contributed by atoms with van der Waals surface area (Å²) < 4.78 is 53.5. The minimum Gasteiger partial charge on any atom is -0.350 e. The Hall–Kier alpha value is -6.60. The number of hydrogen-bond acceptors (Lipinski definition) is 13. The maximum absolute atomic E-state index is 13.4. The van der Waals surface area contributed by atoms with E-state index in [1.807, 2.05) is 0 Å². The van der Waals surface area contributed by atoms with Crippen molar-refractivity contribution in [1.82, 2.24) is 70.1 Å². The molecular formula is C40H46ClF2N15O6S. The average Bonchev–Trinajstić information content (AvgIpc) is 4.13. The number of rotatable bonds is 13. The molecule has 0 bridgehead atoms. The number of nitrogens with zero attached hydrogens (tertiary/aromatic N) is 9. The van der Waals surface area contributed by atoms with E-state index in [9.17, 15) is 36.4 Å². The van der Waals surface area contributed by atoms with E-state index in [2.05, 4.69) is 56.7 Å². The summed E-state index contributed by atoms with van der Waals surface area (Å²) in [5.41, 5.74) is 2.68. The van der Waals surface area contributed by atoms with Crippen LogP contribution in [0.5, 0.6) is 0 Å². The molecule has 0 radical (unpaired) electrons. The van der Waals surface area contributed by atoms with Gasteiger partial charge in [-0.25, -0.2) is 23.9 Å². The van der Waals surface area contributed by atoms with Crippen LogP contribution < -0.4 is 31.7 Å². The van der Waals surface area contributed by atoms with E-state index in [0.717, 1.165) is 29.4 Å². The summed E-state index contributed by atoms with van der Waals surface area (Å²) in [7, 11) is -3.77. The van der Waals surface area contributed by atoms with E-state index in [4.69, 9.17) is 5.14 Å². The molecule has 21 nitrogen and oxygen atoms in total. The Morgan fingerprint density at radius 3 is 1.65 bits per heavy atom. The van der Waals surface area contributed by atoms with Crippen LogP contribution in [-0.2, 0) is 23.3 Å². The number of benzene rings is 2. The molecule has 2 aromatic carbocycles. The fourth-order valence-electron chi connectivity index (χ4n) is 7.10. The summed E-state index contributed by atoms with van der Waals surface area (Å²) in [5.74, 6) is -1.99. The van der Waals surface area contributed by atoms with Gasteiger partial charge in [0.05, 0.1) is 0 Å². The second kappa shape index (κ2) is 20.9. The number of carbonyl (C=O) groups is 4. The summed E-state index contributed by atoms with van der Waals surface area (Å²) in [6.07, 6.45) is 4.06. The minimum absolute atomic E-state index is 0. The van der Waals surface area contributed by atoms with E-state index < -0.39 is 27.9 Å². The minimum atomic E-state index is -3.77. The fraction of sp³-hybridized carbons (Fsp3) is 0.350. The van der Waals surface area contributed by atoms with Gasteiger partial charge < -0.3 is 26.6 Å². The van der Waals surface area contributed by atoms with Crippen molar-refractivity contribution < 1.29 is 36.4 Å². The number of nitrogens with two attached hydrogens (primary N) is 1. The van der Waals surface area contributed by atoms with E-state index in [1.165, 1.54) is 46.0 Å². The summed E-state index contributed by atoms with van der Waals surface area (Å²) in [5, 5.41) is 27.5. The standard InChI is InChI=1S/C20H23FN8O4S.C20H22FN7O2.ClH/c1-12-6-13(2-3-15(12)21)8-23-18(30)16-7-17(29-20(27-16)25-11-26-29)19(31)24-9-14-4-5-28(10-14)34(22,32)33;1-12-6-13(2-3-15(12)21)9-23-18(29)16-7-17(28-20(27-16)25-11-26-28)19(30)24-10-14-4-5-22-8-14;/h2-3,6-7,11,14H,4-5,8-10H2,1H3,(H,23,30)(H,24,31)(H2,22,32,33);2-3,6-7,11,14,22H,4-5,8-10H2,1H3,(H,23,29)(H,24,30);1H. The monoisotopic (exact) mass is 937 g/mol. The van der Waals surface area contributed by atoms with Gasteiger partial charge in [-0.1, -0.05) is 24.3 Å². The molecule has 2 fully saturated rings. The van der Waals surface area contributed by atoms with Crippen molar-refractivity contribution in [1.29, 1.82) is 0 Å². The van der Waals surface area contributed by atoms with E-state index in [1.54, 1.807) is 38.1 Å². The molecule has 2 aliphatic rings. The van der Waals surface area contributed by atoms with Gasteiger partial charge in [0.15, 0.2) is 0 Å². The van der Waals surface area contributed by atoms with Crippen LogP contribution in [0.2, 0.25) is 0 Å². The molecule has 2 unspecified atom stereocenters. The average molecular weight is 938 g/mol. The molecule has 2 aliphatic heterocycles. The van der Waals surface area contributed by atoms with Crippen molar-refractivity contribution in [2.75, 3.05) is 39.3 Å². The molecule has 4 amide bonds. The number of halogens is 3. The third-order valence-corrected chi connectivity index (χ3v) is 11.7. The van der Waals surface area contributed by atoms with Gasteiger partial charge in [0.1, 0.15) is 47.1 Å². The molecule has 65 heavy (non-hydrogen) atoms. The van der Waals surface area contributed by atoms with E-state index >= 15 is 0 Å². The van der Waals surface area contributed by atoms with Crippen LogP contribution in [0.1, 0.15) is 77.0 Å². The Morgan fingerprint density at radius 1 is 0.723 bits per heavy atom. The first-order chi connectivity index (χ1) is 30.6. The van der Waals surface area contributed by atoms with E-state index in [-0.39, 0.29) is 96.4 Å². The van der Waals surface area contributed by atoms with Crippen molar-refractivity contribution >= 4 is 57.8 Å². The Kier molecular flexibility index (Phi) is 15.4. The Bertz CT molecular complexity index is 2840. The Labute approximate surface area is 377 Å². The first kappa shape index (κ1) is 47.9. The molecule has 2 saturated heterocycles. The van der Waals surface area contributed by atoms with Gasteiger partial charge in [0.25, 0.3) is 45.4 Å². The largest absolute Gasteiger partial charge is 0.350 e. The number of hydrogen-bond donors (Lipinski definition) is 6. The number of fused-ring (bicyclic) bond motifs is 2. The van der Waals surface area contributed by atoms with Gasteiger partial charge >= 0.3 is 0 Å². The first-order valence-electron chi connectivity index (χ1n) is 20.2. The second-order valence-corrected chi connectivity index (χ2v) is 16.9. The first-order valence-corrected chi connectivity index (χ1v) is 21.7. The molecule has 25 heteroatoms. The zero-order valence-electron chi connectivity index (χ0n) is 35.1. The topological polar surface area (TPSA) is 278 Å². The van der Waals surface area contributed by atoms with E-state index in [0.29, 0.717) is 42.1 Å². The van der Waals surface area contributed by atoms with Crippen LogP contribution in [0.15, 0.2) is 61.2 Å². The zero-order valence-corrected chi connectivity index (χ0v) is 36.8. The number of amides is 4. The van der Waals surface area contributed by atoms with Crippen LogP contribution in [0.3, 0.4) is 0 Å². The fourth-order valence-corrected chi connectivity index (χ4v) is 7.88. The van der Waals surface area contributed by atoms with Gasteiger partial charge in [-0.05, 0) is 86.0 Å². The highest BCUT2D eigenvalue weighted by molar-refractivity contribution is 7.86. The van der Waals surface area contributed by atoms with Gasteiger partial charge in [0, 0.05) is 51.4 Å². The number of aryl methyl sites for hydroxylation is 2. The maximum atomic E-state index is 13.4. The van der Waals surface area contributed by atoms with Crippen molar-refractivity contribution in [3.63, 3.8) is 0 Å². The van der Waals surface area contributed by atoms with Crippen LogP contribution in [0.25, 0.3) is 11.6 Å². The highest BCUT2D eigenvalue weighted by Gasteiger charge is 2.30. The van der Waals surface area contributed by atoms with Crippen molar-refractivity contribution in [3.05, 3.63) is 118 Å². The molecule has 0 aliphatic carbocycles. The molecule has 0 spiro atoms. The highest BCUT2D eigenvalue weighted by atomic mass is 35.5. The molecule has 0 saturated carbocycles. The molecule has 6 heterocycles. The normalized spacial score (nSPS) is 16.1. The number of aromatic nitrogens is 8. The lowest BCUT2D eigenvalue weighted by molar-refractivity contribution is 0.0925. The third kappa shape index (κ3) is 12.0. The van der Waals surface area contributed by atoms with Crippen molar-refractivity contribution in [2.24, 2.45) is 17.0 Å². The Balaban J connectivity index is 0.000000214. The van der Waals surface area contributed by atoms with Gasteiger partial charge in [-0.2, -0.15) is 41.9 Å². The lowest BCUT2D eigenvalue weighted by Crippen LogP contribution is -2.36. The van der Waals surface area contributed by atoms with Crippen LogP contribution in [0, 0.1) is 37.3 Å².